The van der Waals surface area contributed by atoms with Crippen LogP contribution in [0, 0.1) is 0 Å². The third kappa shape index (κ3) is 2.52. The van der Waals surface area contributed by atoms with Crippen molar-refractivity contribution in [3.8, 4) is 0 Å². The number of carbonyl (C=O) groups is 1. The number of carbonyl (C=O) groups excluding carboxylic acids is 1. The molecule has 3 rings (SSSR count). The molecule has 0 amide bonds. The average molecular weight is 268 g/mol. The van der Waals surface area contributed by atoms with Crippen molar-refractivity contribution in [3.63, 3.8) is 0 Å². The molecule has 0 radical (unpaired) electrons. The number of hydrogen-bond acceptors (Lipinski definition) is 3. The third-order valence-electron chi connectivity index (χ3n) is 3.40. The van der Waals surface area contributed by atoms with Crippen LogP contribution in [0.15, 0.2) is 54.3 Å². The van der Waals surface area contributed by atoms with Gasteiger partial charge in [0.25, 0.3) is 0 Å². The van der Waals surface area contributed by atoms with Gasteiger partial charge >= 0.3 is 5.97 Å². The molecule has 1 unspecified atom stereocenters. The number of hydrogen-bond donors (Lipinski definition) is 0. The fourth-order valence-electron chi connectivity index (χ4n) is 2.47. The van der Waals surface area contributed by atoms with Crippen molar-refractivity contribution >= 4 is 16.7 Å². The average Bonchev–Trinajstić information content (AvgIpc) is 2.46. The highest BCUT2D eigenvalue weighted by atomic mass is 16.6. The van der Waals surface area contributed by atoms with E-state index >= 15 is 0 Å². The fraction of sp³-hybridized carbons (Fsp3) is 0.235. The Hall–Kier alpha value is -2.29. The number of cyclic esters (lactones) is 1. The Kier molecular flexibility index (Phi) is 3.42. The zero-order chi connectivity index (χ0) is 13.9. The molecule has 102 valence electrons. The van der Waals surface area contributed by atoms with Gasteiger partial charge in [-0.15, -0.1) is 0 Å². The SMILES string of the molecule is CCOC1=CC(=O)OC(c2ccc3ccccc3c2)C1. The third-order valence-corrected chi connectivity index (χ3v) is 3.40. The summed E-state index contributed by atoms with van der Waals surface area (Å²) in [4.78, 5) is 11.6. The number of esters is 1. The van der Waals surface area contributed by atoms with Gasteiger partial charge in [-0.3, -0.25) is 0 Å². The Labute approximate surface area is 117 Å². The van der Waals surface area contributed by atoms with Gasteiger partial charge in [0.15, 0.2) is 0 Å². The van der Waals surface area contributed by atoms with E-state index in [1.165, 1.54) is 11.5 Å². The van der Waals surface area contributed by atoms with Gasteiger partial charge in [0.05, 0.1) is 12.7 Å². The van der Waals surface area contributed by atoms with Crippen LogP contribution in [0.2, 0.25) is 0 Å². The molecular formula is C17H16O3. The lowest BCUT2D eigenvalue weighted by Crippen LogP contribution is -2.17. The van der Waals surface area contributed by atoms with E-state index < -0.39 is 0 Å². The van der Waals surface area contributed by atoms with E-state index in [0.29, 0.717) is 18.8 Å². The summed E-state index contributed by atoms with van der Waals surface area (Å²) in [6.07, 6.45) is 1.76. The fourth-order valence-corrected chi connectivity index (χ4v) is 2.47. The molecule has 0 aromatic heterocycles. The summed E-state index contributed by atoms with van der Waals surface area (Å²) in [5.41, 5.74) is 1.00. The first-order chi connectivity index (χ1) is 9.76. The normalized spacial score (nSPS) is 18.6. The van der Waals surface area contributed by atoms with Gasteiger partial charge in [-0.05, 0) is 29.3 Å². The Morgan fingerprint density at radius 2 is 2.00 bits per heavy atom. The number of rotatable bonds is 3. The standard InChI is InChI=1S/C17H16O3/c1-2-19-15-10-16(20-17(18)11-15)14-8-7-12-5-3-4-6-13(12)9-14/h3-9,11,16H,2,10H2,1H3. The van der Waals surface area contributed by atoms with Crippen LogP contribution in [0.4, 0.5) is 0 Å². The van der Waals surface area contributed by atoms with Crippen molar-refractivity contribution in [3.05, 3.63) is 59.9 Å². The molecular weight excluding hydrogens is 252 g/mol. The zero-order valence-corrected chi connectivity index (χ0v) is 11.3. The first-order valence-corrected chi connectivity index (χ1v) is 6.79. The summed E-state index contributed by atoms with van der Waals surface area (Å²) in [7, 11) is 0. The molecule has 2 aromatic carbocycles. The Morgan fingerprint density at radius 1 is 1.20 bits per heavy atom. The minimum atomic E-state index is -0.335. The van der Waals surface area contributed by atoms with Gasteiger partial charge in [-0.2, -0.15) is 0 Å². The monoisotopic (exact) mass is 268 g/mol. The summed E-state index contributed by atoms with van der Waals surface area (Å²) in [5, 5.41) is 2.33. The lowest BCUT2D eigenvalue weighted by atomic mass is 10.00. The van der Waals surface area contributed by atoms with Crippen LogP contribution in [0.1, 0.15) is 25.0 Å². The first-order valence-electron chi connectivity index (χ1n) is 6.79. The Morgan fingerprint density at radius 3 is 2.80 bits per heavy atom. The van der Waals surface area contributed by atoms with Gasteiger partial charge in [-0.25, -0.2) is 4.79 Å². The van der Waals surface area contributed by atoms with Crippen molar-refractivity contribution in [1.29, 1.82) is 0 Å². The number of ether oxygens (including phenoxy) is 2. The van der Waals surface area contributed by atoms with Crippen molar-refractivity contribution in [1.82, 2.24) is 0 Å². The molecule has 0 fully saturated rings. The molecule has 3 heteroatoms. The van der Waals surface area contributed by atoms with E-state index in [1.54, 1.807) is 0 Å². The second-order valence-corrected chi connectivity index (χ2v) is 4.78. The summed E-state index contributed by atoms with van der Waals surface area (Å²) in [6, 6.07) is 14.3. The zero-order valence-electron chi connectivity index (χ0n) is 11.3. The topological polar surface area (TPSA) is 35.5 Å². The van der Waals surface area contributed by atoms with Crippen LogP contribution in [0.25, 0.3) is 10.8 Å². The molecule has 0 saturated carbocycles. The van der Waals surface area contributed by atoms with Gasteiger partial charge in [-0.1, -0.05) is 36.4 Å². The van der Waals surface area contributed by atoms with E-state index in [1.807, 2.05) is 25.1 Å². The lowest BCUT2D eigenvalue weighted by Gasteiger charge is -2.23. The highest BCUT2D eigenvalue weighted by Gasteiger charge is 2.24. The van der Waals surface area contributed by atoms with Crippen LogP contribution in [0.5, 0.6) is 0 Å². The van der Waals surface area contributed by atoms with Crippen LogP contribution in [-0.2, 0) is 14.3 Å². The van der Waals surface area contributed by atoms with E-state index in [4.69, 9.17) is 9.47 Å². The van der Waals surface area contributed by atoms with Crippen LogP contribution >= 0.6 is 0 Å². The predicted octanol–water partition coefficient (Wildman–Crippen LogP) is 3.75. The second-order valence-electron chi connectivity index (χ2n) is 4.78. The molecule has 0 aliphatic carbocycles. The van der Waals surface area contributed by atoms with Gasteiger partial charge in [0.2, 0.25) is 0 Å². The molecule has 1 aliphatic heterocycles. The van der Waals surface area contributed by atoms with Gasteiger partial charge in [0.1, 0.15) is 11.9 Å². The number of fused-ring (bicyclic) bond motifs is 1. The molecule has 0 spiro atoms. The Balaban J connectivity index is 1.91. The predicted molar refractivity (Wildman–Crippen MR) is 77.1 cm³/mol. The number of benzene rings is 2. The maximum absolute atomic E-state index is 11.6. The van der Waals surface area contributed by atoms with Crippen LogP contribution in [-0.4, -0.2) is 12.6 Å². The van der Waals surface area contributed by atoms with E-state index in [2.05, 4.69) is 24.3 Å². The minimum absolute atomic E-state index is 0.265. The van der Waals surface area contributed by atoms with Gasteiger partial charge < -0.3 is 9.47 Å². The summed E-state index contributed by atoms with van der Waals surface area (Å²) in [5.74, 6) is 0.361. The quantitative estimate of drug-likeness (QED) is 0.795. The minimum Gasteiger partial charge on any atom is -0.498 e. The van der Waals surface area contributed by atoms with E-state index in [0.717, 1.165) is 10.9 Å². The smallest absolute Gasteiger partial charge is 0.334 e. The van der Waals surface area contributed by atoms with Crippen molar-refractivity contribution < 1.29 is 14.3 Å². The van der Waals surface area contributed by atoms with Crippen molar-refractivity contribution in [2.75, 3.05) is 6.61 Å². The molecule has 2 aromatic rings. The van der Waals surface area contributed by atoms with Crippen molar-refractivity contribution in [2.45, 2.75) is 19.4 Å². The molecule has 20 heavy (non-hydrogen) atoms. The van der Waals surface area contributed by atoms with Crippen LogP contribution < -0.4 is 0 Å². The summed E-state index contributed by atoms with van der Waals surface area (Å²) in [6.45, 7) is 2.47. The first kappa shape index (κ1) is 12.7. The molecule has 0 N–H and O–H groups in total. The Bertz CT molecular complexity index is 673. The summed E-state index contributed by atoms with van der Waals surface area (Å²) < 4.78 is 10.9. The second kappa shape index (κ2) is 5.37. The summed E-state index contributed by atoms with van der Waals surface area (Å²) >= 11 is 0. The molecule has 3 nitrogen and oxygen atoms in total. The molecule has 1 atom stereocenters. The molecule has 0 saturated heterocycles. The van der Waals surface area contributed by atoms with E-state index in [-0.39, 0.29) is 12.1 Å². The maximum atomic E-state index is 11.6. The highest BCUT2D eigenvalue weighted by Crippen LogP contribution is 2.31. The largest absolute Gasteiger partial charge is 0.498 e. The van der Waals surface area contributed by atoms with E-state index in [9.17, 15) is 4.79 Å². The maximum Gasteiger partial charge on any atom is 0.334 e. The molecule has 1 heterocycles. The lowest BCUT2D eigenvalue weighted by molar-refractivity contribution is -0.145. The van der Waals surface area contributed by atoms with Gasteiger partial charge in [0, 0.05) is 6.42 Å². The van der Waals surface area contributed by atoms with Crippen LogP contribution in [0.3, 0.4) is 0 Å². The van der Waals surface area contributed by atoms with Crippen molar-refractivity contribution in [2.24, 2.45) is 0 Å². The highest BCUT2D eigenvalue weighted by molar-refractivity contribution is 5.85. The molecule has 0 bridgehead atoms. The molecule has 1 aliphatic rings.